The highest BCUT2D eigenvalue weighted by Crippen LogP contribution is 2.43. The minimum Gasteiger partial charge on any atom is -0.456 e. The summed E-state index contributed by atoms with van der Waals surface area (Å²) >= 11 is 0. The fourth-order valence-corrected chi connectivity index (χ4v) is 10.1. The summed E-state index contributed by atoms with van der Waals surface area (Å²) in [5.41, 5.74) is 6.30. The van der Waals surface area contributed by atoms with Crippen molar-refractivity contribution in [3.05, 3.63) is 129 Å². The number of fused-ring (bicyclic) bond motifs is 1. The zero-order chi connectivity index (χ0) is 43.4. The van der Waals surface area contributed by atoms with Crippen molar-refractivity contribution in [3.63, 3.8) is 0 Å². The third-order valence-corrected chi connectivity index (χ3v) is 13.9. The average Bonchev–Trinajstić information content (AvgIpc) is 3.97. The molecule has 2 saturated heterocycles. The number of allylic oxidation sites excluding steroid dienone is 2. The molecule has 0 saturated carbocycles. The van der Waals surface area contributed by atoms with Crippen LogP contribution in [-0.2, 0) is 16.4 Å². The fraction of sp³-hybridized carbons (Fsp3) is 0.396. The van der Waals surface area contributed by atoms with Crippen LogP contribution in [0.2, 0.25) is 0 Å². The SMILES string of the molecule is CC1(C)CCC(CN2CCN(c3ccc(C(=O)NS(=O)(=O)c4ccc(NCCCN5CCCC5)c([N+](=O)[O-])c4)c(Oc4cccc5c4C=CC5)c3)CC2)=C(c2cccc(F)c2)C1. The van der Waals surface area contributed by atoms with E-state index in [2.05, 4.69) is 38.6 Å². The Morgan fingerprint density at radius 1 is 0.919 bits per heavy atom. The first kappa shape index (κ1) is 43.1. The monoisotopic (exact) mass is 862 g/mol. The van der Waals surface area contributed by atoms with Gasteiger partial charge in [0.05, 0.1) is 15.4 Å². The van der Waals surface area contributed by atoms with Gasteiger partial charge in [-0.2, -0.15) is 0 Å². The maximum atomic E-state index is 14.3. The molecule has 2 fully saturated rings. The molecule has 62 heavy (non-hydrogen) atoms. The molecule has 4 aromatic carbocycles. The standard InChI is InChI=1S/C48H55FN6O6S/c1-48(2)20-19-36(42(32-48)35-11-5-12-37(49)29-35)33-53-25-27-54(28-26-53)38-15-17-41(46(30-38)61-45-14-7-10-34-9-6-13-40(34)45)47(56)51-62(59,60)39-16-18-43(44(31-39)55(57)58)50-21-8-24-52-22-3-4-23-52/h5-7,10-18,29-31,50H,3-4,8-9,19-28,32-33H2,1-2H3,(H,51,56). The molecular formula is C48H55FN6O6S. The largest absolute Gasteiger partial charge is 0.456 e. The lowest BCUT2D eigenvalue weighted by atomic mass is 9.72. The molecule has 0 atom stereocenters. The molecule has 8 rings (SSSR count). The number of nitrogens with one attached hydrogen (secondary N) is 2. The fourth-order valence-electron chi connectivity index (χ4n) is 9.12. The third kappa shape index (κ3) is 10.0. The number of piperazine rings is 1. The van der Waals surface area contributed by atoms with Gasteiger partial charge in [-0.15, -0.1) is 0 Å². The topological polar surface area (TPSA) is 137 Å². The van der Waals surface area contributed by atoms with Gasteiger partial charge in [0.1, 0.15) is 23.0 Å². The highest BCUT2D eigenvalue weighted by molar-refractivity contribution is 7.90. The molecule has 2 aliphatic carbocycles. The van der Waals surface area contributed by atoms with E-state index in [1.807, 2.05) is 36.4 Å². The molecule has 2 N–H and O–H groups in total. The van der Waals surface area contributed by atoms with Gasteiger partial charge >= 0.3 is 0 Å². The van der Waals surface area contributed by atoms with Crippen LogP contribution in [0, 0.1) is 21.3 Å². The normalized spacial score (nSPS) is 17.9. The van der Waals surface area contributed by atoms with Gasteiger partial charge in [0.25, 0.3) is 21.6 Å². The predicted molar refractivity (Wildman–Crippen MR) is 242 cm³/mol. The maximum Gasteiger partial charge on any atom is 0.293 e. The summed E-state index contributed by atoms with van der Waals surface area (Å²) in [6.45, 7) is 11.8. The number of ether oxygens (including phenoxy) is 1. The molecule has 0 bridgehead atoms. The Bertz CT molecular complexity index is 2510. The van der Waals surface area contributed by atoms with Crippen molar-refractivity contribution in [1.82, 2.24) is 14.5 Å². The van der Waals surface area contributed by atoms with E-state index in [1.165, 1.54) is 42.2 Å². The number of carbonyl (C=O) groups is 1. The molecule has 0 unspecified atom stereocenters. The molecule has 1 amide bonds. The van der Waals surface area contributed by atoms with Gasteiger partial charge in [0, 0.05) is 62.7 Å². The van der Waals surface area contributed by atoms with Crippen LogP contribution in [0.15, 0.2) is 95.4 Å². The summed E-state index contributed by atoms with van der Waals surface area (Å²) in [4.78, 5) is 32.1. The van der Waals surface area contributed by atoms with Crippen molar-refractivity contribution in [1.29, 1.82) is 0 Å². The van der Waals surface area contributed by atoms with Crippen molar-refractivity contribution in [3.8, 4) is 11.5 Å². The Balaban J connectivity index is 0.992. The van der Waals surface area contributed by atoms with E-state index in [9.17, 15) is 27.7 Å². The predicted octanol–water partition coefficient (Wildman–Crippen LogP) is 8.90. The Labute approximate surface area is 363 Å². The van der Waals surface area contributed by atoms with E-state index < -0.39 is 31.4 Å². The average molecular weight is 863 g/mol. The number of nitro groups is 1. The number of benzene rings is 4. The minimum atomic E-state index is -4.54. The van der Waals surface area contributed by atoms with E-state index in [-0.39, 0.29) is 28.2 Å². The summed E-state index contributed by atoms with van der Waals surface area (Å²) in [6.07, 6.45) is 10.8. The van der Waals surface area contributed by atoms with Crippen LogP contribution >= 0.6 is 0 Å². The van der Waals surface area contributed by atoms with Crippen molar-refractivity contribution in [2.24, 2.45) is 5.41 Å². The number of rotatable bonds is 15. The smallest absolute Gasteiger partial charge is 0.293 e. The van der Waals surface area contributed by atoms with Crippen LogP contribution in [-0.4, -0.2) is 88.0 Å². The zero-order valence-electron chi connectivity index (χ0n) is 35.5. The number of sulfonamides is 1. The molecule has 326 valence electrons. The first-order chi connectivity index (χ1) is 29.8. The van der Waals surface area contributed by atoms with E-state index in [0.717, 1.165) is 99.8 Å². The van der Waals surface area contributed by atoms with Crippen LogP contribution in [0.4, 0.5) is 21.5 Å². The minimum absolute atomic E-state index is 0.00151. The number of nitrogens with zero attached hydrogens (tertiary/aromatic N) is 4. The second-order valence-electron chi connectivity index (χ2n) is 17.6. The van der Waals surface area contributed by atoms with Crippen LogP contribution in [0.1, 0.15) is 79.4 Å². The molecular weight excluding hydrogens is 808 g/mol. The van der Waals surface area contributed by atoms with E-state index >= 15 is 0 Å². The molecule has 4 aromatic rings. The maximum absolute atomic E-state index is 14.3. The number of carbonyl (C=O) groups excluding carboxylic acids is 1. The number of likely N-dealkylation sites (tertiary alicyclic amines) is 1. The second-order valence-corrected chi connectivity index (χ2v) is 19.3. The molecule has 14 heteroatoms. The van der Waals surface area contributed by atoms with Crippen LogP contribution in [0.25, 0.3) is 11.6 Å². The van der Waals surface area contributed by atoms with E-state index in [1.54, 1.807) is 30.3 Å². The number of hydrogen-bond acceptors (Lipinski definition) is 10. The van der Waals surface area contributed by atoms with Crippen LogP contribution in [0.3, 0.4) is 0 Å². The Kier molecular flexibility index (Phi) is 12.8. The Morgan fingerprint density at radius 3 is 2.48 bits per heavy atom. The van der Waals surface area contributed by atoms with Crippen LogP contribution < -0.4 is 19.7 Å². The third-order valence-electron chi connectivity index (χ3n) is 12.6. The second kappa shape index (κ2) is 18.4. The number of halogens is 1. The van der Waals surface area contributed by atoms with Gasteiger partial charge in [-0.25, -0.2) is 17.5 Å². The highest BCUT2D eigenvalue weighted by atomic mass is 32.2. The molecule has 2 heterocycles. The Hall–Kier alpha value is -5.57. The van der Waals surface area contributed by atoms with Gasteiger partial charge < -0.3 is 19.9 Å². The van der Waals surface area contributed by atoms with Gasteiger partial charge in [-0.1, -0.05) is 55.8 Å². The number of nitro benzene ring substituents is 1. The van der Waals surface area contributed by atoms with Gasteiger partial charge in [0.15, 0.2) is 0 Å². The first-order valence-electron chi connectivity index (χ1n) is 21.7. The Morgan fingerprint density at radius 2 is 1.71 bits per heavy atom. The van der Waals surface area contributed by atoms with Crippen molar-refractivity contribution >= 4 is 44.6 Å². The lowest BCUT2D eigenvalue weighted by molar-refractivity contribution is -0.384. The van der Waals surface area contributed by atoms with Crippen molar-refractivity contribution < 1.29 is 27.3 Å². The van der Waals surface area contributed by atoms with Crippen LogP contribution in [0.5, 0.6) is 11.5 Å². The van der Waals surface area contributed by atoms with Crippen molar-refractivity contribution in [2.45, 2.75) is 63.7 Å². The van der Waals surface area contributed by atoms with E-state index in [4.69, 9.17) is 4.74 Å². The number of anilines is 2. The molecule has 0 radical (unpaired) electrons. The summed E-state index contributed by atoms with van der Waals surface area (Å²) < 4.78 is 50.4. The molecule has 12 nitrogen and oxygen atoms in total. The number of amides is 1. The van der Waals surface area contributed by atoms with E-state index in [0.29, 0.717) is 25.4 Å². The quantitative estimate of drug-likeness (QED) is 0.0678. The summed E-state index contributed by atoms with van der Waals surface area (Å²) in [6, 6.07) is 21.4. The first-order valence-corrected chi connectivity index (χ1v) is 23.2. The molecule has 2 aliphatic heterocycles. The molecule has 4 aliphatic rings. The van der Waals surface area contributed by atoms with Gasteiger partial charge in [-0.3, -0.25) is 19.8 Å². The highest BCUT2D eigenvalue weighted by Gasteiger charge is 2.31. The van der Waals surface area contributed by atoms with Gasteiger partial charge in [-0.05, 0) is 129 Å². The molecule has 0 spiro atoms. The molecule has 0 aromatic heterocycles. The zero-order valence-corrected chi connectivity index (χ0v) is 36.3. The van der Waals surface area contributed by atoms with Gasteiger partial charge in [0.2, 0.25) is 0 Å². The summed E-state index contributed by atoms with van der Waals surface area (Å²) in [5, 5.41) is 15.2. The summed E-state index contributed by atoms with van der Waals surface area (Å²) in [7, 11) is -4.54. The lowest BCUT2D eigenvalue weighted by Gasteiger charge is -2.39. The number of hydrogen-bond donors (Lipinski definition) is 2. The van der Waals surface area contributed by atoms with Crippen molar-refractivity contribution in [2.75, 3.05) is 69.1 Å². The summed E-state index contributed by atoms with van der Waals surface area (Å²) in [5.74, 6) is -0.437. The lowest BCUT2D eigenvalue weighted by Crippen LogP contribution is -2.47.